The van der Waals surface area contributed by atoms with Crippen molar-refractivity contribution in [3.05, 3.63) is 41.1 Å². The highest BCUT2D eigenvalue weighted by molar-refractivity contribution is 5.95. The third kappa shape index (κ3) is 1.80. The minimum Gasteiger partial charge on any atom is -0.493 e. The molecule has 0 unspecified atom stereocenters. The van der Waals surface area contributed by atoms with E-state index >= 15 is 0 Å². The van der Waals surface area contributed by atoms with Crippen molar-refractivity contribution in [3.63, 3.8) is 0 Å². The molecule has 1 aromatic carbocycles. The number of hydrogen-bond donors (Lipinski definition) is 1. The lowest BCUT2D eigenvalue weighted by Crippen LogP contribution is -2.11. The van der Waals surface area contributed by atoms with Gasteiger partial charge >= 0.3 is 0 Å². The Morgan fingerprint density at radius 1 is 1.37 bits per heavy atom. The summed E-state index contributed by atoms with van der Waals surface area (Å²) in [4.78, 5) is 11.4. The van der Waals surface area contributed by atoms with Gasteiger partial charge in [-0.1, -0.05) is 0 Å². The smallest absolute Gasteiger partial charge is 0.250 e. The van der Waals surface area contributed by atoms with Gasteiger partial charge in [0.25, 0.3) is 5.91 Å². The number of fused-ring (bicyclic) bond motifs is 1. The van der Waals surface area contributed by atoms with Crippen LogP contribution >= 0.6 is 0 Å². The number of carbonyl (C=O) groups excluding carboxylic acids is 1. The maximum absolute atomic E-state index is 11.4. The molecule has 0 spiro atoms. The number of hydrogen-bond acceptors (Lipinski definition) is 2. The maximum atomic E-state index is 11.4. The minimum atomic E-state index is -0.385. The predicted octanol–water partition coefficient (Wildman–Crippen LogP) is 2.03. The van der Waals surface area contributed by atoms with E-state index in [-0.39, 0.29) is 5.91 Å². The first-order valence-corrected chi connectivity index (χ1v) is 6.30. The summed E-state index contributed by atoms with van der Waals surface area (Å²) in [5, 5.41) is 0. The number of aromatic nitrogens is 1. The van der Waals surface area contributed by atoms with Crippen LogP contribution in [0.3, 0.4) is 0 Å². The van der Waals surface area contributed by atoms with E-state index in [1.807, 2.05) is 36.7 Å². The molecule has 0 radical (unpaired) electrons. The van der Waals surface area contributed by atoms with Crippen LogP contribution in [0.5, 0.6) is 5.75 Å². The van der Waals surface area contributed by atoms with Crippen molar-refractivity contribution >= 4 is 5.91 Å². The van der Waals surface area contributed by atoms with Gasteiger partial charge in [0.1, 0.15) is 5.75 Å². The van der Waals surface area contributed by atoms with E-state index in [0.717, 1.165) is 35.7 Å². The Morgan fingerprint density at radius 3 is 2.84 bits per heavy atom. The summed E-state index contributed by atoms with van der Waals surface area (Å²) >= 11 is 0. The Hall–Kier alpha value is -2.23. The van der Waals surface area contributed by atoms with E-state index < -0.39 is 0 Å². The van der Waals surface area contributed by atoms with Gasteiger partial charge in [0.15, 0.2) is 0 Å². The van der Waals surface area contributed by atoms with Crippen molar-refractivity contribution in [2.45, 2.75) is 13.3 Å². The summed E-state index contributed by atoms with van der Waals surface area (Å²) in [5.74, 6) is 0.577. The van der Waals surface area contributed by atoms with Gasteiger partial charge in [-0.05, 0) is 42.3 Å². The fourth-order valence-corrected chi connectivity index (χ4v) is 2.57. The van der Waals surface area contributed by atoms with E-state index in [0.29, 0.717) is 5.56 Å². The van der Waals surface area contributed by atoms with E-state index in [4.69, 9.17) is 10.5 Å². The third-order valence-electron chi connectivity index (χ3n) is 3.79. The van der Waals surface area contributed by atoms with E-state index in [2.05, 4.69) is 6.07 Å². The first kappa shape index (κ1) is 11.8. The van der Waals surface area contributed by atoms with Gasteiger partial charge in [0.05, 0.1) is 12.2 Å². The average Bonchev–Trinajstić information content (AvgIpc) is 2.95. The largest absolute Gasteiger partial charge is 0.493 e. The Morgan fingerprint density at radius 2 is 2.16 bits per heavy atom. The number of nitrogens with two attached hydrogens (primary N) is 1. The van der Waals surface area contributed by atoms with Crippen LogP contribution in [0.25, 0.3) is 11.3 Å². The molecule has 1 aliphatic rings. The van der Waals surface area contributed by atoms with Crippen molar-refractivity contribution in [1.82, 2.24) is 4.57 Å². The molecular formula is C15H16N2O2. The molecule has 0 atom stereocenters. The summed E-state index contributed by atoms with van der Waals surface area (Å²) in [6, 6.07) is 7.99. The molecule has 2 N–H and O–H groups in total. The topological polar surface area (TPSA) is 57.3 Å². The highest BCUT2D eigenvalue weighted by Crippen LogP contribution is 2.31. The molecule has 1 aliphatic heterocycles. The van der Waals surface area contributed by atoms with Crippen LogP contribution in [0.15, 0.2) is 24.3 Å². The zero-order chi connectivity index (χ0) is 13.6. The molecule has 98 valence electrons. The van der Waals surface area contributed by atoms with Gasteiger partial charge < -0.3 is 15.0 Å². The zero-order valence-electron chi connectivity index (χ0n) is 11.1. The van der Waals surface area contributed by atoms with Crippen LogP contribution in [0.1, 0.15) is 21.6 Å². The predicted molar refractivity (Wildman–Crippen MR) is 73.3 cm³/mol. The van der Waals surface area contributed by atoms with Crippen molar-refractivity contribution in [1.29, 1.82) is 0 Å². The van der Waals surface area contributed by atoms with Crippen LogP contribution in [0.4, 0.5) is 0 Å². The number of ether oxygens (including phenoxy) is 1. The van der Waals surface area contributed by atoms with E-state index in [9.17, 15) is 4.79 Å². The number of nitrogens with zero attached hydrogens (tertiary/aromatic N) is 1. The van der Waals surface area contributed by atoms with Gasteiger partial charge in [-0.15, -0.1) is 0 Å². The lowest BCUT2D eigenvalue weighted by atomic mass is 10.1. The first-order valence-electron chi connectivity index (χ1n) is 6.30. The van der Waals surface area contributed by atoms with Crippen molar-refractivity contribution < 1.29 is 9.53 Å². The molecule has 0 fully saturated rings. The van der Waals surface area contributed by atoms with Crippen molar-refractivity contribution in [3.8, 4) is 17.0 Å². The lowest BCUT2D eigenvalue weighted by molar-refractivity contribution is 0.0999. The molecule has 0 saturated carbocycles. The highest BCUT2D eigenvalue weighted by atomic mass is 16.5. The number of carbonyl (C=O) groups is 1. The summed E-state index contributed by atoms with van der Waals surface area (Å²) in [7, 11) is 1.95. The van der Waals surface area contributed by atoms with Crippen molar-refractivity contribution in [2.24, 2.45) is 12.8 Å². The van der Waals surface area contributed by atoms with Crippen LogP contribution in [-0.2, 0) is 13.5 Å². The SMILES string of the molecule is Cc1c(C(N)=O)cc(-c2ccc3c(c2)CCO3)n1C. The fourth-order valence-electron chi connectivity index (χ4n) is 2.57. The van der Waals surface area contributed by atoms with Crippen LogP contribution in [0, 0.1) is 6.92 Å². The standard InChI is InChI=1S/C15H16N2O2/c1-9-12(15(16)18)8-13(17(9)2)10-3-4-14-11(7-10)5-6-19-14/h3-4,7-8H,5-6H2,1-2H3,(H2,16,18). The molecule has 4 heteroatoms. The van der Waals surface area contributed by atoms with E-state index in [1.165, 1.54) is 5.56 Å². The molecule has 0 aliphatic carbocycles. The quantitative estimate of drug-likeness (QED) is 0.893. The van der Waals surface area contributed by atoms with E-state index in [1.54, 1.807) is 0 Å². The van der Waals surface area contributed by atoms with Gasteiger partial charge in [-0.25, -0.2) is 0 Å². The molecule has 1 amide bonds. The number of amides is 1. The van der Waals surface area contributed by atoms with Crippen LogP contribution in [-0.4, -0.2) is 17.1 Å². The molecule has 2 aromatic rings. The molecule has 0 saturated heterocycles. The number of primary amides is 1. The first-order chi connectivity index (χ1) is 9.08. The Balaban J connectivity index is 2.12. The monoisotopic (exact) mass is 256 g/mol. The molecule has 2 heterocycles. The molecule has 3 rings (SSSR count). The second-order valence-corrected chi connectivity index (χ2v) is 4.87. The minimum absolute atomic E-state index is 0.385. The highest BCUT2D eigenvalue weighted by Gasteiger charge is 2.17. The Kier molecular flexibility index (Phi) is 2.59. The average molecular weight is 256 g/mol. The Labute approximate surface area is 111 Å². The summed E-state index contributed by atoms with van der Waals surface area (Å²) in [6.07, 6.45) is 0.940. The fraction of sp³-hybridized carbons (Fsp3) is 0.267. The van der Waals surface area contributed by atoms with Crippen LogP contribution < -0.4 is 10.5 Å². The summed E-state index contributed by atoms with van der Waals surface area (Å²) < 4.78 is 7.50. The van der Waals surface area contributed by atoms with Crippen molar-refractivity contribution in [2.75, 3.05) is 6.61 Å². The van der Waals surface area contributed by atoms with Crippen LogP contribution in [0.2, 0.25) is 0 Å². The second kappa shape index (κ2) is 4.16. The molecular weight excluding hydrogens is 240 g/mol. The van der Waals surface area contributed by atoms with Gasteiger partial charge in [0, 0.05) is 24.9 Å². The second-order valence-electron chi connectivity index (χ2n) is 4.87. The molecule has 4 nitrogen and oxygen atoms in total. The lowest BCUT2D eigenvalue weighted by Gasteiger charge is -2.07. The zero-order valence-corrected chi connectivity index (χ0v) is 11.1. The summed E-state index contributed by atoms with van der Waals surface area (Å²) in [5.41, 5.74) is 10.2. The normalized spacial score (nSPS) is 13.2. The maximum Gasteiger partial charge on any atom is 0.250 e. The number of benzene rings is 1. The van der Waals surface area contributed by atoms with Gasteiger partial charge in [-0.3, -0.25) is 4.79 Å². The number of rotatable bonds is 2. The molecule has 19 heavy (non-hydrogen) atoms. The Bertz CT molecular complexity index is 671. The third-order valence-corrected chi connectivity index (χ3v) is 3.79. The van der Waals surface area contributed by atoms with Gasteiger partial charge in [0.2, 0.25) is 0 Å². The molecule has 0 bridgehead atoms. The summed E-state index contributed by atoms with van der Waals surface area (Å²) in [6.45, 7) is 2.65. The molecule has 1 aromatic heterocycles. The van der Waals surface area contributed by atoms with Gasteiger partial charge in [-0.2, -0.15) is 0 Å².